The molecule has 0 spiro atoms. The Morgan fingerprint density at radius 3 is 2.30 bits per heavy atom. The molecule has 1 aromatic carbocycles. The van der Waals surface area contributed by atoms with Gasteiger partial charge in [-0.3, -0.25) is 9.59 Å². The molecule has 0 unspecified atom stereocenters. The lowest BCUT2D eigenvalue weighted by Gasteiger charge is -2.33. The molecule has 1 saturated heterocycles. The zero-order chi connectivity index (χ0) is 14.5. The van der Waals surface area contributed by atoms with E-state index in [0.717, 1.165) is 19.6 Å². The average molecular weight is 296 g/mol. The van der Waals surface area contributed by atoms with Gasteiger partial charge in [-0.05, 0) is 30.8 Å². The molecular weight excluding hydrogens is 278 g/mol. The fraction of sp³-hybridized carbons (Fsp3) is 0.429. The smallest absolute Gasteiger partial charge is 0.313 e. The average Bonchev–Trinajstić information content (AvgIpc) is 2.49. The highest BCUT2D eigenvalue weighted by molar-refractivity contribution is 6.39. The van der Waals surface area contributed by atoms with Crippen LogP contribution in [-0.4, -0.2) is 54.3 Å². The standard InChI is InChI=1S/C14H18ClN3O2/c1-2-17-7-9-18(10-8-17)14(20)13(19)16-12-5-3-11(15)4-6-12/h3-6H,2,7-10H2,1H3,(H,16,19). The molecule has 20 heavy (non-hydrogen) atoms. The zero-order valence-corrected chi connectivity index (χ0v) is 12.2. The Bertz CT molecular complexity index is 482. The lowest BCUT2D eigenvalue weighted by Crippen LogP contribution is -2.51. The summed E-state index contributed by atoms with van der Waals surface area (Å²) in [5, 5.41) is 3.18. The van der Waals surface area contributed by atoms with Gasteiger partial charge in [-0.15, -0.1) is 0 Å². The van der Waals surface area contributed by atoms with E-state index in [-0.39, 0.29) is 0 Å². The number of likely N-dealkylation sites (N-methyl/N-ethyl adjacent to an activating group) is 1. The Kier molecular flexibility index (Phi) is 4.98. The largest absolute Gasteiger partial charge is 0.332 e. The molecule has 0 atom stereocenters. The number of hydrogen-bond acceptors (Lipinski definition) is 3. The minimum atomic E-state index is -0.600. The van der Waals surface area contributed by atoms with Crippen molar-refractivity contribution < 1.29 is 9.59 Å². The van der Waals surface area contributed by atoms with Gasteiger partial charge < -0.3 is 15.1 Å². The number of hydrogen-bond donors (Lipinski definition) is 1. The first kappa shape index (κ1) is 14.8. The highest BCUT2D eigenvalue weighted by atomic mass is 35.5. The van der Waals surface area contributed by atoms with Crippen LogP contribution in [-0.2, 0) is 9.59 Å². The van der Waals surface area contributed by atoms with E-state index in [9.17, 15) is 9.59 Å². The third kappa shape index (κ3) is 3.71. The van der Waals surface area contributed by atoms with Gasteiger partial charge in [0.05, 0.1) is 0 Å². The summed E-state index contributed by atoms with van der Waals surface area (Å²) in [5.41, 5.74) is 0.569. The van der Waals surface area contributed by atoms with Gasteiger partial charge in [-0.1, -0.05) is 18.5 Å². The normalized spacial score (nSPS) is 16.0. The summed E-state index contributed by atoms with van der Waals surface area (Å²) in [6, 6.07) is 6.67. The van der Waals surface area contributed by atoms with E-state index in [0.29, 0.717) is 23.8 Å². The quantitative estimate of drug-likeness (QED) is 0.840. The van der Waals surface area contributed by atoms with E-state index in [2.05, 4.69) is 17.1 Å². The maximum atomic E-state index is 12.0. The van der Waals surface area contributed by atoms with Crippen molar-refractivity contribution in [2.75, 3.05) is 38.0 Å². The predicted octanol–water partition coefficient (Wildman–Crippen LogP) is 1.44. The minimum absolute atomic E-state index is 0.476. The molecule has 0 saturated carbocycles. The number of amides is 2. The summed E-state index contributed by atoms with van der Waals surface area (Å²) >= 11 is 5.77. The Labute approximate surface area is 123 Å². The van der Waals surface area contributed by atoms with E-state index in [1.165, 1.54) is 0 Å². The van der Waals surface area contributed by atoms with Crippen LogP contribution in [0, 0.1) is 0 Å². The van der Waals surface area contributed by atoms with Crippen LogP contribution in [0.3, 0.4) is 0 Å². The number of halogens is 1. The molecule has 1 N–H and O–H groups in total. The highest BCUT2D eigenvalue weighted by Gasteiger charge is 2.25. The van der Waals surface area contributed by atoms with E-state index >= 15 is 0 Å². The lowest BCUT2D eigenvalue weighted by molar-refractivity contribution is -0.144. The van der Waals surface area contributed by atoms with Crippen LogP contribution in [0.1, 0.15) is 6.92 Å². The van der Waals surface area contributed by atoms with Gasteiger partial charge in [-0.2, -0.15) is 0 Å². The van der Waals surface area contributed by atoms with Gasteiger partial charge in [0.2, 0.25) is 0 Å². The molecule has 5 nitrogen and oxygen atoms in total. The number of carbonyl (C=O) groups excluding carboxylic acids is 2. The van der Waals surface area contributed by atoms with Crippen molar-refractivity contribution in [2.45, 2.75) is 6.92 Å². The summed E-state index contributed by atoms with van der Waals surface area (Å²) in [7, 11) is 0. The van der Waals surface area contributed by atoms with Crippen LogP contribution in [0.2, 0.25) is 5.02 Å². The predicted molar refractivity (Wildman–Crippen MR) is 78.8 cm³/mol. The first-order valence-electron chi connectivity index (χ1n) is 6.68. The van der Waals surface area contributed by atoms with Crippen molar-refractivity contribution in [1.82, 2.24) is 9.80 Å². The fourth-order valence-electron chi connectivity index (χ4n) is 2.13. The van der Waals surface area contributed by atoms with Gasteiger partial charge in [0.25, 0.3) is 0 Å². The lowest BCUT2D eigenvalue weighted by atomic mass is 10.3. The van der Waals surface area contributed by atoms with Crippen LogP contribution >= 0.6 is 11.6 Å². The van der Waals surface area contributed by atoms with Gasteiger partial charge in [0.1, 0.15) is 0 Å². The Balaban J connectivity index is 1.89. The van der Waals surface area contributed by atoms with Crippen LogP contribution in [0.25, 0.3) is 0 Å². The van der Waals surface area contributed by atoms with E-state index in [1.54, 1.807) is 29.2 Å². The molecule has 2 amide bonds. The molecule has 6 heteroatoms. The summed E-state index contributed by atoms with van der Waals surface area (Å²) in [6.45, 7) is 5.89. The van der Waals surface area contributed by atoms with Crippen LogP contribution in [0.4, 0.5) is 5.69 Å². The number of nitrogens with zero attached hydrogens (tertiary/aromatic N) is 2. The number of carbonyl (C=O) groups is 2. The number of anilines is 1. The third-order valence-corrected chi connectivity index (χ3v) is 3.66. The van der Waals surface area contributed by atoms with Crippen molar-refractivity contribution in [3.8, 4) is 0 Å². The van der Waals surface area contributed by atoms with Crippen molar-refractivity contribution in [1.29, 1.82) is 0 Å². The van der Waals surface area contributed by atoms with Crippen molar-refractivity contribution in [2.24, 2.45) is 0 Å². The summed E-state index contributed by atoms with van der Waals surface area (Å²) in [6.07, 6.45) is 0. The second-order valence-electron chi connectivity index (χ2n) is 4.69. The number of rotatable bonds is 2. The van der Waals surface area contributed by atoms with Crippen LogP contribution in [0.5, 0.6) is 0 Å². The molecule has 2 rings (SSSR count). The zero-order valence-electron chi connectivity index (χ0n) is 11.4. The Morgan fingerprint density at radius 1 is 1.15 bits per heavy atom. The monoisotopic (exact) mass is 295 g/mol. The van der Waals surface area contributed by atoms with Gasteiger partial charge >= 0.3 is 11.8 Å². The molecule has 1 aliphatic rings. The molecule has 108 valence electrons. The summed E-state index contributed by atoms with van der Waals surface area (Å²) in [5.74, 6) is -1.08. The molecule has 1 aromatic rings. The van der Waals surface area contributed by atoms with E-state index in [4.69, 9.17) is 11.6 Å². The molecular formula is C14H18ClN3O2. The Hall–Kier alpha value is -1.59. The maximum Gasteiger partial charge on any atom is 0.313 e. The topological polar surface area (TPSA) is 52.7 Å². The van der Waals surface area contributed by atoms with Crippen molar-refractivity contribution in [3.05, 3.63) is 29.3 Å². The first-order valence-corrected chi connectivity index (χ1v) is 7.06. The van der Waals surface area contributed by atoms with Crippen LogP contribution < -0.4 is 5.32 Å². The second kappa shape index (κ2) is 6.72. The minimum Gasteiger partial charge on any atom is -0.332 e. The van der Waals surface area contributed by atoms with E-state index in [1.807, 2.05) is 0 Å². The summed E-state index contributed by atoms with van der Waals surface area (Å²) < 4.78 is 0. The molecule has 1 aliphatic heterocycles. The molecule has 1 heterocycles. The summed E-state index contributed by atoms with van der Waals surface area (Å²) in [4.78, 5) is 27.8. The number of benzene rings is 1. The molecule has 0 bridgehead atoms. The van der Waals surface area contributed by atoms with Crippen LogP contribution in [0.15, 0.2) is 24.3 Å². The first-order chi connectivity index (χ1) is 9.60. The maximum absolute atomic E-state index is 12.0. The highest BCUT2D eigenvalue weighted by Crippen LogP contribution is 2.13. The molecule has 0 radical (unpaired) electrons. The third-order valence-electron chi connectivity index (χ3n) is 3.40. The van der Waals surface area contributed by atoms with Gasteiger partial charge in [-0.25, -0.2) is 0 Å². The molecule has 0 aromatic heterocycles. The van der Waals surface area contributed by atoms with E-state index < -0.39 is 11.8 Å². The Morgan fingerprint density at radius 2 is 1.75 bits per heavy atom. The van der Waals surface area contributed by atoms with Crippen molar-refractivity contribution in [3.63, 3.8) is 0 Å². The van der Waals surface area contributed by atoms with Crippen molar-refractivity contribution >= 4 is 29.1 Å². The second-order valence-corrected chi connectivity index (χ2v) is 5.12. The fourth-order valence-corrected chi connectivity index (χ4v) is 2.25. The molecule has 1 fully saturated rings. The molecule has 0 aliphatic carbocycles. The number of piperazine rings is 1. The SMILES string of the molecule is CCN1CCN(C(=O)C(=O)Nc2ccc(Cl)cc2)CC1. The van der Waals surface area contributed by atoms with Gasteiger partial charge in [0.15, 0.2) is 0 Å². The van der Waals surface area contributed by atoms with Gasteiger partial charge in [0, 0.05) is 36.9 Å². The number of nitrogens with one attached hydrogen (secondary N) is 1.